The molecule has 2 aromatic carbocycles. The van der Waals surface area contributed by atoms with Crippen molar-refractivity contribution in [1.29, 1.82) is 0 Å². The Balaban J connectivity index is 1.63. The van der Waals surface area contributed by atoms with Gasteiger partial charge in [-0.05, 0) is 80.0 Å². The van der Waals surface area contributed by atoms with E-state index >= 15 is 0 Å². The molecule has 0 spiro atoms. The van der Waals surface area contributed by atoms with E-state index in [0.717, 1.165) is 29.9 Å². The predicted octanol–water partition coefficient (Wildman–Crippen LogP) is 4.61. The van der Waals surface area contributed by atoms with E-state index in [1.54, 1.807) is 7.11 Å². The maximum absolute atomic E-state index is 12.7. The zero-order valence-corrected chi connectivity index (χ0v) is 16.5. The van der Waals surface area contributed by atoms with Gasteiger partial charge in [-0.2, -0.15) is 0 Å². The zero-order chi connectivity index (χ0) is 19.2. The monoisotopic (exact) mass is 367 g/mol. The number of amides is 1. The van der Waals surface area contributed by atoms with Crippen LogP contribution < -0.4 is 14.8 Å². The third-order valence-corrected chi connectivity index (χ3v) is 5.24. The zero-order valence-electron chi connectivity index (χ0n) is 16.5. The fourth-order valence-electron chi connectivity index (χ4n) is 3.55. The van der Waals surface area contributed by atoms with Crippen LogP contribution in [0, 0.1) is 0 Å². The van der Waals surface area contributed by atoms with Gasteiger partial charge in [0, 0.05) is 0 Å². The van der Waals surface area contributed by atoms with Crippen molar-refractivity contribution in [2.24, 2.45) is 0 Å². The van der Waals surface area contributed by atoms with Crippen LogP contribution >= 0.6 is 0 Å². The van der Waals surface area contributed by atoms with E-state index in [1.165, 1.54) is 24.0 Å². The van der Waals surface area contributed by atoms with Gasteiger partial charge in [0.25, 0.3) is 5.91 Å². The minimum absolute atomic E-state index is 0.0847. The van der Waals surface area contributed by atoms with E-state index in [1.807, 2.05) is 44.2 Å². The number of rotatable bonds is 7. The molecule has 2 aromatic rings. The maximum Gasteiger partial charge on any atom is 0.261 e. The molecule has 27 heavy (non-hydrogen) atoms. The lowest BCUT2D eigenvalue weighted by Gasteiger charge is -2.22. The number of benzene rings is 2. The first-order valence-electron chi connectivity index (χ1n) is 9.83. The molecule has 4 nitrogen and oxygen atoms in total. The topological polar surface area (TPSA) is 47.6 Å². The average Bonchev–Trinajstić information content (AvgIpc) is 2.71. The standard InChI is InChI=1S/C23H29NO3/c1-4-22(27-21-14-11-18-7-5-6-8-19(18)15-21)23(25)24-16(2)17-9-12-20(26-3)13-10-17/h9-16,22H,4-8H2,1-3H3,(H,24,25). The van der Waals surface area contributed by atoms with Crippen LogP contribution in [0.2, 0.25) is 0 Å². The van der Waals surface area contributed by atoms with Crippen molar-refractivity contribution < 1.29 is 14.3 Å². The molecule has 1 aliphatic rings. The second-order valence-corrected chi connectivity index (χ2v) is 7.16. The highest BCUT2D eigenvalue weighted by atomic mass is 16.5. The molecule has 0 aromatic heterocycles. The number of ether oxygens (including phenoxy) is 2. The Hall–Kier alpha value is -2.49. The normalized spacial score (nSPS) is 15.4. The Bertz CT molecular complexity index is 770. The van der Waals surface area contributed by atoms with Crippen LogP contribution in [0.3, 0.4) is 0 Å². The van der Waals surface area contributed by atoms with E-state index in [9.17, 15) is 4.79 Å². The number of fused-ring (bicyclic) bond motifs is 1. The van der Waals surface area contributed by atoms with E-state index < -0.39 is 6.10 Å². The Morgan fingerprint density at radius 1 is 1.04 bits per heavy atom. The van der Waals surface area contributed by atoms with Crippen molar-refractivity contribution in [3.63, 3.8) is 0 Å². The SMILES string of the molecule is CCC(Oc1ccc2c(c1)CCCC2)C(=O)NC(C)c1ccc(OC)cc1. The fourth-order valence-corrected chi connectivity index (χ4v) is 3.55. The summed E-state index contributed by atoms with van der Waals surface area (Å²) in [6.45, 7) is 3.95. The third kappa shape index (κ3) is 4.82. The van der Waals surface area contributed by atoms with Gasteiger partial charge in [0.05, 0.1) is 13.2 Å². The first-order chi connectivity index (χ1) is 13.1. The van der Waals surface area contributed by atoms with Gasteiger partial charge >= 0.3 is 0 Å². The number of hydrogen-bond acceptors (Lipinski definition) is 3. The molecule has 0 aliphatic heterocycles. The summed E-state index contributed by atoms with van der Waals surface area (Å²) in [6, 6.07) is 13.9. The summed E-state index contributed by atoms with van der Waals surface area (Å²) in [5.41, 5.74) is 3.81. The van der Waals surface area contributed by atoms with Gasteiger partial charge in [0.2, 0.25) is 0 Å². The molecule has 0 fully saturated rings. The number of methoxy groups -OCH3 is 1. The molecule has 4 heteroatoms. The molecule has 1 N–H and O–H groups in total. The van der Waals surface area contributed by atoms with Crippen LogP contribution in [-0.2, 0) is 17.6 Å². The number of aryl methyl sites for hydroxylation is 2. The summed E-state index contributed by atoms with van der Waals surface area (Å²) < 4.78 is 11.2. The summed E-state index contributed by atoms with van der Waals surface area (Å²) in [5.74, 6) is 1.51. The highest BCUT2D eigenvalue weighted by Gasteiger charge is 2.21. The molecule has 2 unspecified atom stereocenters. The van der Waals surface area contributed by atoms with Crippen LogP contribution in [0.1, 0.15) is 55.8 Å². The minimum atomic E-state index is -0.493. The lowest BCUT2D eigenvalue weighted by atomic mass is 9.92. The van der Waals surface area contributed by atoms with E-state index in [0.29, 0.717) is 6.42 Å². The minimum Gasteiger partial charge on any atom is -0.497 e. The first kappa shape index (κ1) is 19.3. The molecule has 1 amide bonds. The van der Waals surface area contributed by atoms with Crippen LogP contribution in [0.5, 0.6) is 11.5 Å². The Labute approximate surface area is 161 Å². The van der Waals surface area contributed by atoms with Gasteiger partial charge < -0.3 is 14.8 Å². The van der Waals surface area contributed by atoms with Gasteiger partial charge in [0.15, 0.2) is 6.10 Å². The smallest absolute Gasteiger partial charge is 0.261 e. The van der Waals surface area contributed by atoms with Crippen molar-refractivity contribution in [1.82, 2.24) is 5.32 Å². The van der Waals surface area contributed by atoms with Gasteiger partial charge in [-0.3, -0.25) is 4.79 Å². The van der Waals surface area contributed by atoms with Gasteiger partial charge in [-0.1, -0.05) is 25.1 Å². The van der Waals surface area contributed by atoms with Crippen molar-refractivity contribution in [2.45, 2.75) is 58.1 Å². The van der Waals surface area contributed by atoms with Gasteiger partial charge in [-0.15, -0.1) is 0 Å². The van der Waals surface area contributed by atoms with Crippen LogP contribution in [-0.4, -0.2) is 19.1 Å². The molecule has 1 aliphatic carbocycles. The van der Waals surface area contributed by atoms with Crippen LogP contribution in [0.15, 0.2) is 42.5 Å². The lowest BCUT2D eigenvalue weighted by Crippen LogP contribution is -2.39. The van der Waals surface area contributed by atoms with Crippen molar-refractivity contribution in [3.8, 4) is 11.5 Å². The van der Waals surface area contributed by atoms with Crippen LogP contribution in [0.4, 0.5) is 0 Å². The largest absolute Gasteiger partial charge is 0.497 e. The second-order valence-electron chi connectivity index (χ2n) is 7.16. The molecule has 0 saturated heterocycles. The molecular formula is C23H29NO3. The summed E-state index contributed by atoms with van der Waals surface area (Å²) in [5, 5.41) is 3.06. The molecule has 2 atom stereocenters. The quantitative estimate of drug-likeness (QED) is 0.777. The highest BCUT2D eigenvalue weighted by Crippen LogP contribution is 2.26. The molecule has 144 valence electrons. The first-order valence-corrected chi connectivity index (χ1v) is 9.83. The number of carbonyl (C=O) groups is 1. The Morgan fingerprint density at radius 2 is 1.70 bits per heavy atom. The van der Waals surface area contributed by atoms with Gasteiger partial charge in [-0.25, -0.2) is 0 Å². The molecular weight excluding hydrogens is 338 g/mol. The number of nitrogens with one attached hydrogen (secondary N) is 1. The molecule has 0 radical (unpaired) electrons. The number of carbonyl (C=O) groups excluding carboxylic acids is 1. The van der Waals surface area contributed by atoms with Crippen molar-refractivity contribution in [3.05, 3.63) is 59.2 Å². The molecule has 3 rings (SSSR count). The van der Waals surface area contributed by atoms with Crippen molar-refractivity contribution >= 4 is 5.91 Å². The second kappa shape index (κ2) is 8.94. The van der Waals surface area contributed by atoms with E-state index in [-0.39, 0.29) is 11.9 Å². The number of hydrogen-bond donors (Lipinski definition) is 1. The average molecular weight is 367 g/mol. The van der Waals surface area contributed by atoms with E-state index in [4.69, 9.17) is 9.47 Å². The third-order valence-electron chi connectivity index (χ3n) is 5.24. The Morgan fingerprint density at radius 3 is 2.37 bits per heavy atom. The summed E-state index contributed by atoms with van der Waals surface area (Å²) >= 11 is 0. The van der Waals surface area contributed by atoms with Gasteiger partial charge in [0.1, 0.15) is 11.5 Å². The predicted molar refractivity (Wildman–Crippen MR) is 107 cm³/mol. The summed E-state index contributed by atoms with van der Waals surface area (Å²) in [4.78, 5) is 12.7. The summed E-state index contributed by atoms with van der Waals surface area (Å²) in [7, 11) is 1.64. The lowest BCUT2D eigenvalue weighted by molar-refractivity contribution is -0.128. The van der Waals surface area contributed by atoms with E-state index in [2.05, 4.69) is 17.4 Å². The fraction of sp³-hybridized carbons (Fsp3) is 0.435. The molecule has 0 heterocycles. The van der Waals surface area contributed by atoms with Crippen LogP contribution in [0.25, 0.3) is 0 Å². The van der Waals surface area contributed by atoms with Crippen molar-refractivity contribution in [2.75, 3.05) is 7.11 Å². The summed E-state index contributed by atoms with van der Waals surface area (Å²) in [6.07, 6.45) is 4.87. The molecule has 0 bridgehead atoms. The highest BCUT2D eigenvalue weighted by molar-refractivity contribution is 5.81. The Kier molecular flexibility index (Phi) is 6.38. The maximum atomic E-state index is 12.7. The molecule has 0 saturated carbocycles.